The first-order valence-corrected chi connectivity index (χ1v) is 5.81. The lowest BCUT2D eigenvalue weighted by Gasteiger charge is -2.36. The quantitative estimate of drug-likeness (QED) is 0.641. The molecule has 0 radical (unpaired) electrons. The smallest absolute Gasteiger partial charge is 0.325 e. The van der Waals surface area contributed by atoms with Crippen molar-refractivity contribution in [2.24, 2.45) is 5.92 Å². The average Bonchev–Trinajstić information content (AvgIpc) is 2.48. The van der Waals surface area contributed by atoms with E-state index in [1.807, 2.05) is 6.92 Å². The summed E-state index contributed by atoms with van der Waals surface area (Å²) in [7, 11) is 0. The van der Waals surface area contributed by atoms with E-state index in [-0.39, 0.29) is 5.92 Å². The molecule has 2 atom stereocenters. The van der Waals surface area contributed by atoms with Crippen LogP contribution in [0.1, 0.15) is 32.6 Å². The molecule has 1 saturated heterocycles. The molecule has 0 aromatic carbocycles. The van der Waals surface area contributed by atoms with Crippen LogP contribution in [0.15, 0.2) is 0 Å². The molecule has 1 heterocycles. The van der Waals surface area contributed by atoms with Crippen LogP contribution in [0, 0.1) is 5.92 Å². The van der Waals surface area contributed by atoms with Crippen molar-refractivity contribution in [3.8, 4) is 0 Å². The van der Waals surface area contributed by atoms with Crippen LogP contribution in [0.25, 0.3) is 0 Å². The van der Waals surface area contributed by atoms with Crippen molar-refractivity contribution >= 4 is 17.9 Å². The Kier molecular flexibility index (Phi) is 2.81. The van der Waals surface area contributed by atoms with E-state index in [1.165, 1.54) is 0 Å². The van der Waals surface area contributed by atoms with Gasteiger partial charge in [-0.15, -0.1) is 0 Å². The summed E-state index contributed by atoms with van der Waals surface area (Å²) in [4.78, 5) is 35.1. The standard InChI is InChI=1S/C11H16N2O4/c1-7-4-2-3-5-11(7)9(16)13(6-8(14)15)10(17)12-11/h7H,2-6H2,1H3,(H,12,17)(H,14,15)/p-1/t7-,11-/m1/s1. The number of hydrogen-bond acceptors (Lipinski definition) is 4. The molecule has 0 bridgehead atoms. The molecule has 2 aliphatic rings. The first-order chi connectivity index (χ1) is 7.97. The monoisotopic (exact) mass is 239 g/mol. The number of urea groups is 1. The lowest BCUT2D eigenvalue weighted by atomic mass is 9.73. The van der Waals surface area contributed by atoms with E-state index in [0.717, 1.165) is 24.2 Å². The molecule has 3 amide bonds. The number of carboxylic acids is 1. The van der Waals surface area contributed by atoms with Crippen LogP contribution in [-0.4, -0.2) is 34.9 Å². The van der Waals surface area contributed by atoms with Gasteiger partial charge >= 0.3 is 6.03 Å². The zero-order valence-electron chi connectivity index (χ0n) is 9.69. The van der Waals surface area contributed by atoms with Crippen LogP contribution in [0.5, 0.6) is 0 Å². The number of nitrogens with one attached hydrogen (secondary N) is 1. The Bertz CT molecular complexity index is 382. The Morgan fingerprint density at radius 1 is 1.53 bits per heavy atom. The summed E-state index contributed by atoms with van der Waals surface area (Å²) in [6, 6.07) is -0.618. The van der Waals surface area contributed by atoms with Crippen molar-refractivity contribution in [3.05, 3.63) is 0 Å². The predicted octanol–water partition coefficient (Wildman–Crippen LogP) is -0.763. The maximum atomic E-state index is 12.2. The van der Waals surface area contributed by atoms with Crippen LogP contribution in [-0.2, 0) is 9.59 Å². The van der Waals surface area contributed by atoms with Crippen molar-refractivity contribution in [1.29, 1.82) is 0 Å². The fraction of sp³-hybridized carbons (Fsp3) is 0.727. The summed E-state index contributed by atoms with van der Waals surface area (Å²) in [5.74, 6) is -1.80. The number of rotatable bonds is 2. The molecule has 1 aliphatic carbocycles. The lowest BCUT2D eigenvalue weighted by Crippen LogP contribution is -2.54. The number of carbonyl (C=O) groups excluding carboxylic acids is 3. The van der Waals surface area contributed by atoms with Gasteiger partial charge in [-0.1, -0.05) is 19.8 Å². The van der Waals surface area contributed by atoms with Gasteiger partial charge in [0.05, 0.1) is 12.5 Å². The molecule has 1 saturated carbocycles. The third-order valence-electron chi connectivity index (χ3n) is 3.79. The minimum absolute atomic E-state index is 0.0412. The predicted molar refractivity (Wildman–Crippen MR) is 55.6 cm³/mol. The molecule has 2 fully saturated rings. The fourth-order valence-electron chi connectivity index (χ4n) is 2.77. The van der Waals surface area contributed by atoms with E-state index in [2.05, 4.69) is 5.32 Å². The number of imide groups is 1. The van der Waals surface area contributed by atoms with Crippen molar-refractivity contribution in [2.45, 2.75) is 38.1 Å². The Hall–Kier alpha value is -1.59. The van der Waals surface area contributed by atoms with Crippen molar-refractivity contribution in [3.63, 3.8) is 0 Å². The Labute approximate surface area is 99.0 Å². The highest BCUT2D eigenvalue weighted by Crippen LogP contribution is 2.37. The SMILES string of the molecule is C[C@@H]1CCCC[C@@]12NC(=O)N(CC(=O)[O-])C2=O. The van der Waals surface area contributed by atoms with Crippen LogP contribution < -0.4 is 10.4 Å². The molecule has 6 nitrogen and oxygen atoms in total. The fourth-order valence-corrected chi connectivity index (χ4v) is 2.77. The number of carboxylic acid groups (broad SMARTS) is 1. The normalized spacial score (nSPS) is 33.0. The van der Waals surface area contributed by atoms with Gasteiger partial charge in [-0.2, -0.15) is 0 Å². The molecule has 6 heteroatoms. The van der Waals surface area contributed by atoms with Crippen molar-refractivity contribution in [1.82, 2.24) is 10.2 Å². The van der Waals surface area contributed by atoms with Crippen LogP contribution >= 0.6 is 0 Å². The van der Waals surface area contributed by atoms with Gasteiger partial charge in [0, 0.05) is 0 Å². The van der Waals surface area contributed by atoms with Crippen LogP contribution in [0.4, 0.5) is 4.79 Å². The molecule has 17 heavy (non-hydrogen) atoms. The summed E-state index contributed by atoms with van der Waals surface area (Å²) in [5.41, 5.74) is -0.884. The number of carbonyl (C=O) groups is 3. The molecule has 0 aromatic rings. The number of nitrogens with zero attached hydrogens (tertiary/aromatic N) is 1. The minimum Gasteiger partial charge on any atom is -0.548 e. The zero-order chi connectivity index (χ0) is 12.6. The van der Waals surface area contributed by atoms with Crippen LogP contribution in [0.3, 0.4) is 0 Å². The topological polar surface area (TPSA) is 89.5 Å². The third-order valence-corrected chi connectivity index (χ3v) is 3.79. The second kappa shape index (κ2) is 4.01. The van der Waals surface area contributed by atoms with E-state index in [0.29, 0.717) is 6.42 Å². The maximum Gasteiger partial charge on any atom is 0.325 e. The van der Waals surface area contributed by atoms with Gasteiger partial charge in [-0.05, 0) is 18.8 Å². The van der Waals surface area contributed by atoms with E-state index in [1.54, 1.807) is 0 Å². The Morgan fingerprint density at radius 3 is 2.82 bits per heavy atom. The highest BCUT2D eigenvalue weighted by Gasteiger charge is 2.54. The van der Waals surface area contributed by atoms with Crippen LogP contribution in [0.2, 0.25) is 0 Å². The summed E-state index contributed by atoms with van der Waals surface area (Å²) in [6.45, 7) is 1.25. The van der Waals surface area contributed by atoms with Crippen molar-refractivity contribution < 1.29 is 19.5 Å². The number of amides is 3. The number of aliphatic carboxylic acids is 1. The second-order valence-electron chi connectivity index (χ2n) is 4.81. The third kappa shape index (κ3) is 1.77. The van der Waals surface area contributed by atoms with Gasteiger partial charge < -0.3 is 15.2 Å². The molecule has 1 N–H and O–H groups in total. The summed E-state index contributed by atoms with van der Waals surface area (Å²) in [6.07, 6.45) is 3.36. The van der Waals surface area contributed by atoms with E-state index >= 15 is 0 Å². The second-order valence-corrected chi connectivity index (χ2v) is 4.81. The Balaban J connectivity index is 2.24. The van der Waals surface area contributed by atoms with E-state index in [4.69, 9.17) is 0 Å². The zero-order valence-corrected chi connectivity index (χ0v) is 9.69. The van der Waals surface area contributed by atoms with E-state index in [9.17, 15) is 19.5 Å². The first kappa shape index (κ1) is 11.9. The molecule has 1 spiro atoms. The molecule has 0 aromatic heterocycles. The summed E-state index contributed by atoms with van der Waals surface area (Å²) >= 11 is 0. The molecule has 0 unspecified atom stereocenters. The summed E-state index contributed by atoms with van der Waals surface area (Å²) < 4.78 is 0. The lowest BCUT2D eigenvalue weighted by molar-refractivity contribution is -0.305. The van der Waals surface area contributed by atoms with Gasteiger partial charge in [0.15, 0.2) is 0 Å². The molecular weight excluding hydrogens is 224 g/mol. The first-order valence-electron chi connectivity index (χ1n) is 5.81. The highest BCUT2D eigenvalue weighted by atomic mass is 16.4. The number of hydrogen-bond donors (Lipinski definition) is 1. The van der Waals surface area contributed by atoms with Gasteiger partial charge in [-0.3, -0.25) is 9.69 Å². The van der Waals surface area contributed by atoms with Crippen molar-refractivity contribution in [2.75, 3.05) is 6.54 Å². The molecular formula is C11H15N2O4-. The van der Waals surface area contributed by atoms with Gasteiger partial charge in [0.2, 0.25) is 0 Å². The summed E-state index contributed by atoms with van der Waals surface area (Å²) in [5, 5.41) is 13.2. The average molecular weight is 239 g/mol. The molecule has 94 valence electrons. The highest BCUT2D eigenvalue weighted by molar-refractivity contribution is 6.08. The van der Waals surface area contributed by atoms with Gasteiger partial charge in [-0.25, -0.2) is 4.79 Å². The van der Waals surface area contributed by atoms with Gasteiger partial charge in [0.25, 0.3) is 5.91 Å². The Morgan fingerprint density at radius 2 is 2.24 bits per heavy atom. The molecule has 1 aliphatic heterocycles. The largest absolute Gasteiger partial charge is 0.548 e. The minimum atomic E-state index is -1.42. The maximum absolute atomic E-state index is 12.2. The van der Waals surface area contributed by atoms with Gasteiger partial charge in [0.1, 0.15) is 5.54 Å². The molecule has 2 rings (SSSR count). The van der Waals surface area contributed by atoms with E-state index < -0.39 is 30.0 Å².